The summed E-state index contributed by atoms with van der Waals surface area (Å²) in [5, 5.41) is 7.61. The second-order valence-electron chi connectivity index (χ2n) is 5.40. The molecule has 5 heteroatoms. The van der Waals surface area contributed by atoms with Gasteiger partial charge in [-0.25, -0.2) is 13.5 Å². The van der Waals surface area contributed by atoms with Crippen molar-refractivity contribution in [3.63, 3.8) is 0 Å². The Balaban J connectivity index is 1.64. The van der Waals surface area contributed by atoms with E-state index in [1.165, 1.54) is 6.07 Å². The average Bonchev–Trinajstić information content (AvgIpc) is 3.05. The molecule has 0 bridgehead atoms. The van der Waals surface area contributed by atoms with Crippen LogP contribution in [0.4, 0.5) is 8.78 Å². The van der Waals surface area contributed by atoms with Crippen LogP contribution in [0.5, 0.6) is 0 Å². The Morgan fingerprint density at radius 3 is 2.61 bits per heavy atom. The highest BCUT2D eigenvalue weighted by Crippen LogP contribution is 2.16. The third kappa shape index (κ3) is 3.63. The maximum absolute atomic E-state index is 13.3. The van der Waals surface area contributed by atoms with Crippen LogP contribution in [0.3, 0.4) is 0 Å². The molecule has 23 heavy (non-hydrogen) atoms. The summed E-state index contributed by atoms with van der Waals surface area (Å²) < 4.78 is 28.1. The van der Waals surface area contributed by atoms with Gasteiger partial charge in [0.05, 0.1) is 11.9 Å². The highest BCUT2D eigenvalue weighted by Gasteiger charge is 2.09. The predicted molar refractivity (Wildman–Crippen MR) is 85.2 cm³/mol. The van der Waals surface area contributed by atoms with E-state index in [1.807, 2.05) is 43.5 Å². The normalized spacial score (nSPS) is 12.3. The zero-order chi connectivity index (χ0) is 16.2. The molecule has 118 valence electrons. The van der Waals surface area contributed by atoms with Crippen molar-refractivity contribution >= 4 is 0 Å². The first-order valence-corrected chi connectivity index (χ1v) is 7.41. The molecular weight excluding hydrogens is 296 g/mol. The molecule has 1 aromatic heterocycles. The van der Waals surface area contributed by atoms with Gasteiger partial charge in [0.1, 0.15) is 0 Å². The Hall–Kier alpha value is -2.53. The van der Waals surface area contributed by atoms with E-state index in [2.05, 4.69) is 10.4 Å². The van der Waals surface area contributed by atoms with Gasteiger partial charge in [-0.15, -0.1) is 0 Å². The number of hydrogen-bond acceptors (Lipinski definition) is 2. The van der Waals surface area contributed by atoms with Gasteiger partial charge in [-0.2, -0.15) is 5.10 Å². The molecule has 0 amide bonds. The Morgan fingerprint density at radius 1 is 1.09 bits per heavy atom. The fourth-order valence-corrected chi connectivity index (χ4v) is 2.34. The summed E-state index contributed by atoms with van der Waals surface area (Å²) in [5.41, 5.74) is 2.72. The van der Waals surface area contributed by atoms with E-state index in [0.717, 1.165) is 17.3 Å². The molecule has 0 saturated heterocycles. The largest absolute Gasteiger partial charge is 0.306 e. The molecule has 3 nitrogen and oxygen atoms in total. The molecule has 0 spiro atoms. The van der Waals surface area contributed by atoms with Crippen LogP contribution in [0, 0.1) is 11.6 Å². The third-order valence-corrected chi connectivity index (χ3v) is 3.71. The van der Waals surface area contributed by atoms with Gasteiger partial charge in [0.25, 0.3) is 0 Å². The Labute approximate surface area is 133 Å². The van der Waals surface area contributed by atoms with E-state index in [1.54, 1.807) is 16.9 Å². The maximum Gasteiger partial charge on any atom is 0.159 e. The lowest BCUT2D eigenvalue weighted by molar-refractivity contribution is 0.500. The second kappa shape index (κ2) is 6.71. The van der Waals surface area contributed by atoms with Gasteiger partial charge >= 0.3 is 0 Å². The van der Waals surface area contributed by atoms with Crippen LogP contribution in [0.25, 0.3) is 5.69 Å². The summed E-state index contributed by atoms with van der Waals surface area (Å²) in [7, 11) is 0. The number of aromatic nitrogens is 2. The average molecular weight is 313 g/mol. The molecule has 0 aliphatic carbocycles. The topological polar surface area (TPSA) is 29.9 Å². The summed E-state index contributed by atoms with van der Waals surface area (Å²) in [5.74, 6) is -1.65. The minimum atomic E-state index is -0.829. The quantitative estimate of drug-likeness (QED) is 0.771. The molecule has 0 aliphatic heterocycles. The molecule has 1 N–H and O–H groups in total. The zero-order valence-corrected chi connectivity index (χ0v) is 12.7. The van der Waals surface area contributed by atoms with Crippen molar-refractivity contribution in [2.75, 3.05) is 0 Å². The van der Waals surface area contributed by atoms with E-state index < -0.39 is 11.6 Å². The molecule has 1 atom stereocenters. The van der Waals surface area contributed by atoms with Gasteiger partial charge in [0.2, 0.25) is 0 Å². The standard InChI is InChI=1S/C18H17F2N3/c1-13(15-7-8-17(19)18(20)9-15)21-10-14-11-22-23(12-14)16-5-3-2-4-6-16/h2-9,11-13,21H,10H2,1H3/t13-/m1/s1. The molecule has 0 aliphatic rings. The number of nitrogens with one attached hydrogen (secondary N) is 1. The van der Waals surface area contributed by atoms with Crippen LogP contribution >= 0.6 is 0 Å². The van der Waals surface area contributed by atoms with E-state index in [9.17, 15) is 8.78 Å². The smallest absolute Gasteiger partial charge is 0.159 e. The lowest BCUT2D eigenvalue weighted by Gasteiger charge is -2.13. The fourth-order valence-electron chi connectivity index (χ4n) is 2.34. The Bertz CT molecular complexity index is 784. The number of benzene rings is 2. The lowest BCUT2D eigenvalue weighted by atomic mass is 10.1. The molecule has 0 fully saturated rings. The minimum Gasteiger partial charge on any atom is -0.306 e. The van der Waals surface area contributed by atoms with E-state index in [0.29, 0.717) is 12.1 Å². The van der Waals surface area contributed by atoms with Crippen LogP contribution in [0.1, 0.15) is 24.1 Å². The first kappa shape index (κ1) is 15.4. The van der Waals surface area contributed by atoms with Crippen molar-refractivity contribution < 1.29 is 8.78 Å². The summed E-state index contributed by atoms with van der Waals surface area (Å²) in [6, 6.07) is 13.7. The monoisotopic (exact) mass is 313 g/mol. The summed E-state index contributed by atoms with van der Waals surface area (Å²) in [6.07, 6.45) is 3.73. The van der Waals surface area contributed by atoms with Crippen LogP contribution in [-0.4, -0.2) is 9.78 Å². The summed E-state index contributed by atoms with van der Waals surface area (Å²) >= 11 is 0. The van der Waals surface area contributed by atoms with E-state index >= 15 is 0 Å². The number of nitrogens with zero attached hydrogens (tertiary/aromatic N) is 2. The third-order valence-electron chi connectivity index (χ3n) is 3.71. The van der Waals surface area contributed by atoms with Crippen molar-refractivity contribution in [1.82, 2.24) is 15.1 Å². The zero-order valence-electron chi connectivity index (χ0n) is 12.7. The molecule has 0 radical (unpaired) electrons. The summed E-state index contributed by atoms with van der Waals surface area (Å²) in [6.45, 7) is 2.50. The molecule has 0 unspecified atom stereocenters. The van der Waals surface area contributed by atoms with Crippen LogP contribution in [-0.2, 0) is 6.54 Å². The fraction of sp³-hybridized carbons (Fsp3) is 0.167. The molecule has 1 heterocycles. The molecular formula is C18H17F2N3. The van der Waals surface area contributed by atoms with Gasteiger partial charge in [0, 0.05) is 24.3 Å². The number of hydrogen-bond donors (Lipinski definition) is 1. The van der Waals surface area contributed by atoms with Crippen LogP contribution in [0.15, 0.2) is 60.9 Å². The van der Waals surface area contributed by atoms with Crippen LogP contribution in [0.2, 0.25) is 0 Å². The molecule has 2 aromatic carbocycles. The second-order valence-corrected chi connectivity index (χ2v) is 5.40. The molecule has 3 rings (SSSR count). The van der Waals surface area contributed by atoms with Gasteiger partial charge in [-0.1, -0.05) is 24.3 Å². The minimum absolute atomic E-state index is 0.0924. The summed E-state index contributed by atoms with van der Waals surface area (Å²) in [4.78, 5) is 0. The lowest BCUT2D eigenvalue weighted by Crippen LogP contribution is -2.18. The number of halogens is 2. The number of para-hydroxylation sites is 1. The van der Waals surface area contributed by atoms with Gasteiger partial charge in [0.15, 0.2) is 11.6 Å². The van der Waals surface area contributed by atoms with Crippen molar-refractivity contribution in [1.29, 1.82) is 0 Å². The van der Waals surface area contributed by atoms with E-state index in [4.69, 9.17) is 0 Å². The highest BCUT2D eigenvalue weighted by molar-refractivity contribution is 5.31. The van der Waals surface area contributed by atoms with Gasteiger partial charge in [-0.05, 0) is 36.8 Å². The van der Waals surface area contributed by atoms with Gasteiger partial charge < -0.3 is 5.32 Å². The van der Waals surface area contributed by atoms with Crippen molar-refractivity contribution in [3.05, 3.63) is 83.7 Å². The van der Waals surface area contributed by atoms with Gasteiger partial charge in [-0.3, -0.25) is 0 Å². The highest BCUT2D eigenvalue weighted by atomic mass is 19.2. The first-order chi connectivity index (χ1) is 11.1. The van der Waals surface area contributed by atoms with E-state index in [-0.39, 0.29) is 6.04 Å². The van der Waals surface area contributed by atoms with Crippen molar-refractivity contribution in [2.24, 2.45) is 0 Å². The Kier molecular flexibility index (Phi) is 4.48. The maximum atomic E-state index is 13.3. The van der Waals surface area contributed by atoms with Crippen LogP contribution < -0.4 is 5.32 Å². The van der Waals surface area contributed by atoms with Crippen molar-refractivity contribution in [3.8, 4) is 5.69 Å². The molecule has 3 aromatic rings. The predicted octanol–water partition coefficient (Wildman–Crippen LogP) is 4.00. The number of rotatable bonds is 5. The Morgan fingerprint density at radius 2 is 1.87 bits per heavy atom. The SMILES string of the molecule is C[C@@H](NCc1cnn(-c2ccccc2)c1)c1ccc(F)c(F)c1. The van der Waals surface area contributed by atoms with Crippen molar-refractivity contribution in [2.45, 2.75) is 19.5 Å². The first-order valence-electron chi connectivity index (χ1n) is 7.41. The molecule has 0 saturated carbocycles.